The van der Waals surface area contributed by atoms with E-state index in [1.165, 1.54) is 36.3 Å². The van der Waals surface area contributed by atoms with Gasteiger partial charge in [0.2, 0.25) is 5.13 Å². The van der Waals surface area contributed by atoms with Crippen LogP contribution >= 0.6 is 11.5 Å². The SMILES string of the molecule is COc1ccc(S(=O)(=O)CC(Nc2nc(Cc3ccccc3C)ns2)C(C)N)cc1. The van der Waals surface area contributed by atoms with E-state index in [4.69, 9.17) is 10.5 Å². The third-order valence-corrected chi connectivity index (χ3v) is 7.31. The molecule has 0 aliphatic heterocycles. The number of nitrogens with zero attached hydrogens (tertiary/aromatic N) is 2. The van der Waals surface area contributed by atoms with Gasteiger partial charge in [0.05, 0.1) is 23.8 Å². The standard InChI is InChI=1S/C21H26N4O3S2/c1-14-6-4-5-7-16(14)12-20-24-21(29-25-20)23-19(15(2)22)13-30(26,27)18-10-8-17(28-3)9-11-18/h4-11,15,19H,12-13,22H2,1-3H3,(H,23,24,25). The number of hydrogen-bond donors (Lipinski definition) is 2. The molecule has 0 amide bonds. The van der Waals surface area contributed by atoms with Gasteiger partial charge in [-0.3, -0.25) is 0 Å². The van der Waals surface area contributed by atoms with Crippen LogP contribution in [0, 0.1) is 6.92 Å². The Labute approximate surface area is 181 Å². The first-order valence-electron chi connectivity index (χ1n) is 9.54. The van der Waals surface area contributed by atoms with Gasteiger partial charge in [0.1, 0.15) is 11.6 Å². The van der Waals surface area contributed by atoms with Crippen molar-refractivity contribution < 1.29 is 13.2 Å². The minimum atomic E-state index is -3.54. The van der Waals surface area contributed by atoms with Crippen molar-refractivity contribution in [1.82, 2.24) is 9.36 Å². The molecule has 3 aromatic rings. The van der Waals surface area contributed by atoms with Crippen LogP contribution in [0.4, 0.5) is 5.13 Å². The number of sulfone groups is 1. The molecule has 9 heteroatoms. The van der Waals surface area contributed by atoms with Gasteiger partial charge in [0, 0.05) is 24.0 Å². The number of aryl methyl sites for hydroxylation is 1. The highest BCUT2D eigenvalue weighted by molar-refractivity contribution is 7.91. The first-order valence-corrected chi connectivity index (χ1v) is 12.0. The molecule has 1 aromatic heterocycles. The number of anilines is 1. The normalized spacial score (nSPS) is 13.6. The van der Waals surface area contributed by atoms with E-state index < -0.39 is 21.9 Å². The third-order valence-electron chi connectivity index (χ3n) is 4.84. The fourth-order valence-electron chi connectivity index (χ4n) is 2.96. The molecule has 3 rings (SSSR count). The minimum absolute atomic E-state index is 0.149. The molecule has 2 aromatic carbocycles. The van der Waals surface area contributed by atoms with Crippen molar-refractivity contribution in [3.8, 4) is 5.75 Å². The van der Waals surface area contributed by atoms with Crippen LogP contribution in [0.5, 0.6) is 5.75 Å². The summed E-state index contributed by atoms with van der Waals surface area (Å²) < 4.78 is 35.2. The zero-order valence-corrected chi connectivity index (χ0v) is 18.8. The van der Waals surface area contributed by atoms with Gasteiger partial charge in [-0.25, -0.2) is 13.4 Å². The van der Waals surface area contributed by atoms with Crippen molar-refractivity contribution in [3.63, 3.8) is 0 Å². The van der Waals surface area contributed by atoms with Crippen LogP contribution in [0.3, 0.4) is 0 Å². The van der Waals surface area contributed by atoms with Crippen LogP contribution in [-0.4, -0.2) is 42.7 Å². The third kappa shape index (κ3) is 5.56. The highest BCUT2D eigenvalue weighted by atomic mass is 32.2. The van der Waals surface area contributed by atoms with Crippen molar-refractivity contribution in [1.29, 1.82) is 0 Å². The molecule has 7 nitrogen and oxygen atoms in total. The van der Waals surface area contributed by atoms with Gasteiger partial charge in [0.15, 0.2) is 9.84 Å². The van der Waals surface area contributed by atoms with Gasteiger partial charge in [-0.1, -0.05) is 24.3 Å². The number of rotatable bonds is 9. The van der Waals surface area contributed by atoms with Crippen LogP contribution in [0.2, 0.25) is 0 Å². The maximum absolute atomic E-state index is 12.9. The number of methoxy groups -OCH3 is 1. The van der Waals surface area contributed by atoms with Crippen molar-refractivity contribution in [2.75, 3.05) is 18.2 Å². The Kier molecular flexibility index (Phi) is 7.06. The van der Waals surface area contributed by atoms with E-state index in [9.17, 15) is 8.42 Å². The molecular formula is C21H26N4O3S2. The van der Waals surface area contributed by atoms with Crippen molar-refractivity contribution >= 4 is 26.5 Å². The second-order valence-electron chi connectivity index (χ2n) is 7.19. The van der Waals surface area contributed by atoms with E-state index in [1.807, 2.05) is 12.1 Å². The molecule has 0 saturated carbocycles. The maximum atomic E-state index is 12.9. The lowest BCUT2D eigenvalue weighted by Crippen LogP contribution is -2.43. The number of benzene rings is 2. The summed E-state index contributed by atoms with van der Waals surface area (Å²) in [6.45, 7) is 3.83. The first kappa shape index (κ1) is 22.2. The van der Waals surface area contributed by atoms with E-state index >= 15 is 0 Å². The topological polar surface area (TPSA) is 107 Å². The lowest BCUT2D eigenvalue weighted by molar-refractivity contribution is 0.414. The summed E-state index contributed by atoms with van der Waals surface area (Å²) in [5.74, 6) is 1.15. The number of ether oxygens (including phenoxy) is 1. The Morgan fingerprint density at radius 2 is 1.87 bits per heavy atom. The van der Waals surface area contributed by atoms with Gasteiger partial charge in [-0.05, 0) is 49.2 Å². The lowest BCUT2D eigenvalue weighted by atomic mass is 10.1. The Balaban J connectivity index is 1.71. The molecule has 0 bridgehead atoms. The van der Waals surface area contributed by atoms with Crippen LogP contribution in [0.1, 0.15) is 23.9 Å². The van der Waals surface area contributed by atoms with Crippen molar-refractivity contribution in [2.24, 2.45) is 5.73 Å². The Hall–Kier alpha value is -2.49. The zero-order valence-electron chi connectivity index (χ0n) is 17.2. The quantitative estimate of drug-likeness (QED) is 0.520. The molecule has 30 heavy (non-hydrogen) atoms. The van der Waals surface area contributed by atoms with Gasteiger partial charge in [-0.2, -0.15) is 4.37 Å². The molecular weight excluding hydrogens is 420 g/mol. The lowest BCUT2D eigenvalue weighted by Gasteiger charge is -2.21. The van der Waals surface area contributed by atoms with Gasteiger partial charge in [0.25, 0.3) is 0 Å². The molecule has 0 fully saturated rings. The molecule has 0 aliphatic carbocycles. The van der Waals surface area contributed by atoms with Gasteiger partial charge < -0.3 is 15.8 Å². The largest absolute Gasteiger partial charge is 0.497 e. The molecule has 0 aliphatic rings. The molecule has 1 heterocycles. The average Bonchev–Trinajstić information content (AvgIpc) is 3.16. The molecule has 0 spiro atoms. The fourth-order valence-corrected chi connectivity index (χ4v) is 5.21. The van der Waals surface area contributed by atoms with Crippen LogP contribution in [0.25, 0.3) is 0 Å². The van der Waals surface area contributed by atoms with Crippen molar-refractivity contribution in [3.05, 3.63) is 65.5 Å². The summed E-state index contributed by atoms with van der Waals surface area (Å²) in [5, 5.41) is 3.72. The molecule has 3 N–H and O–H groups in total. The average molecular weight is 447 g/mol. The summed E-state index contributed by atoms with van der Waals surface area (Å²) >= 11 is 1.21. The van der Waals surface area contributed by atoms with E-state index in [1.54, 1.807) is 19.1 Å². The van der Waals surface area contributed by atoms with Crippen LogP contribution in [-0.2, 0) is 16.3 Å². The first-order chi connectivity index (χ1) is 14.3. The minimum Gasteiger partial charge on any atom is -0.497 e. The number of aromatic nitrogens is 2. The molecule has 2 atom stereocenters. The predicted octanol–water partition coefficient (Wildman–Crippen LogP) is 3.05. The summed E-state index contributed by atoms with van der Waals surface area (Å²) in [7, 11) is -2.00. The van der Waals surface area contributed by atoms with E-state index in [0.717, 1.165) is 5.56 Å². The van der Waals surface area contributed by atoms with Gasteiger partial charge >= 0.3 is 0 Å². The molecule has 2 unspecified atom stereocenters. The summed E-state index contributed by atoms with van der Waals surface area (Å²) in [4.78, 5) is 4.75. The van der Waals surface area contributed by atoms with E-state index in [2.05, 4.69) is 33.7 Å². The van der Waals surface area contributed by atoms with E-state index in [-0.39, 0.29) is 10.6 Å². The summed E-state index contributed by atoms with van der Waals surface area (Å²) in [6.07, 6.45) is 0.623. The van der Waals surface area contributed by atoms with Gasteiger partial charge in [-0.15, -0.1) is 0 Å². The number of nitrogens with two attached hydrogens (primary N) is 1. The fraction of sp³-hybridized carbons (Fsp3) is 0.333. The Morgan fingerprint density at radius 3 is 2.50 bits per heavy atom. The maximum Gasteiger partial charge on any atom is 0.202 e. The highest BCUT2D eigenvalue weighted by Crippen LogP contribution is 2.21. The molecule has 0 saturated heterocycles. The van der Waals surface area contributed by atoms with Crippen molar-refractivity contribution in [2.45, 2.75) is 37.2 Å². The van der Waals surface area contributed by atoms with E-state index in [0.29, 0.717) is 23.1 Å². The number of hydrogen-bond acceptors (Lipinski definition) is 8. The molecule has 160 valence electrons. The Bertz CT molecular complexity index is 1080. The Morgan fingerprint density at radius 1 is 1.17 bits per heavy atom. The predicted molar refractivity (Wildman–Crippen MR) is 120 cm³/mol. The monoisotopic (exact) mass is 446 g/mol. The smallest absolute Gasteiger partial charge is 0.202 e. The summed E-state index contributed by atoms with van der Waals surface area (Å²) in [6, 6.07) is 13.5. The highest BCUT2D eigenvalue weighted by Gasteiger charge is 2.25. The second kappa shape index (κ2) is 9.55. The van der Waals surface area contributed by atoms with Crippen LogP contribution in [0.15, 0.2) is 53.4 Å². The zero-order chi connectivity index (χ0) is 21.7. The number of nitrogens with one attached hydrogen (secondary N) is 1. The van der Waals surface area contributed by atoms with Crippen LogP contribution < -0.4 is 15.8 Å². The molecule has 0 radical (unpaired) electrons. The summed E-state index contributed by atoms with van der Waals surface area (Å²) in [5.41, 5.74) is 8.42. The second-order valence-corrected chi connectivity index (χ2v) is 9.97.